The van der Waals surface area contributed by atoms with Crippen molar-refractivity contribution < 1.29 is 22.7 Å². The van der Waals surface area contributed by atoms with E-state index in [1.165, 1.54) is 24.4 Å². The number of hydrogen-bond acceptors (Lipinski definition) is 4. The van der Waals surface area contributed by atoms with Crippen LogP contribution in [0.5, 0.6) is 0 Å². The molecule has 0 atom stereocenters. The van der Waals surface area contributed by atoms with E-state index in [1.54, 1.807) is 16.7 Å². The summed E-state index contributed by atoms with van der Waals surface area (Å²) in [6.07, 6.45) is 5.56. The number of nitrogens with zero attached hydrogens (tertiary/aromatic N) is 3. The van der Waals surface area contributed by atoms with Crippen LogP contribution in [0.25, 0.3) is 17.0 Å². The summed E-state index contributed by atoms with van der Waals surface area (Å²) in [6, 6.07) is 10.4. The van der Waals surface area contributed by atoms with Crippen molar-refractivity contribution in [3.8, 4) is 0 Å². The number of pyridine rings is 1. The standard InChI is InChI=1S/C29H25F3N4O2.ClH/c30-22-4-3-19(25(31)13-22)2-1-8-35-9-6-26-24(15-35)23-11-20-16-38-17-21(20)12-27(23)36(26)29(37)34-14-18-5-7-33-28(32)10-18;/h1-5,7,10-13H,6,8-9,14-17H2,(H,34,37);1H/b2-1+;. The van der Waals surface area contributed by atoms with Gasteiger partial charge < -0.3 is 10.1 Å². The van der Waals surface area contributed by atoms with Crippen molar-refractivity contribution in [1.82, 2.24) is 19.8 Å². The number of carbonyl (C=O) groups is 1. The highest BCUT2D eigenvalue weighted by atomic mass is 35.5. The van der Waals surface area contributed by atoms with Gasteiger partial charge in [0, 0.05) is 61.5 Å². The molecule has 2 aliphatic rings. The summed E-state index contributed by atoms with van der Waals surface area (Å²) in [5.74, 6) is -1.79. The van der Waals surface area contributed by atoms with Gasteiger partial charge in [-0.3, -0.25) is 9.47 Å². The second-order valence-electron chi connectivity index (χ2n) is 9.59. The fraction of sp³-hybridized carbons (Fsp3) is 0.241. The van der Waals surface area contributed by atoms with Crippen LogP contribution in [-0.4, -0.2) is 33.6 Å². The van der Waals surface area contributed by atoms with E-state index in [-0.39, 0.29) is 25.0 Å². The largest absolute Gasteiger partial charge is 0.372 e. The minimum atomic E-state index is -0.603. The molecular weight excluding hydrogens is 529 g/mol. The predicted octanol–water partition coefficient (Wildman–Crippen LogP) is 5.74. The molecule has 39 heavy (non-hydrogen) atoms. The van der Waals surface area contributed by atoms with E-state index >= 15 is 0 Å². The molecule has 0 unspecified atom stereocenters. The molecule has 1 amide bonds. The summed E-state index contributed by atoms with van der Waals surface area (Å²) >= 11 is 0. The molecule has 2 aromatic carbocycles. The molecule has 4 heterocycles. The molecular formula is C29H26ClF3N4O2. The van der Waals surface area contributed by atoms with Crippen molar-refractivity contribution in [3.05, 3.63) is 106 Å². The van der Waals surface area contributed by atoms with Crippen LogP contribution in [0.2, 0.25) is 0 Å². The lowest BCUT2D eigenvalue weighted by molar-refractivity contribution is 0.134. The van der Waals surface area contributed by atoms with Crippen molar-refractivity contribution in [2.45, 2.75) is 32.7 Å². The van der Waals surface area contributed by atoms with Crippen molar-refractivity contribution >= 4 is 35.4 Å². The average molecular weight is 555 g/mol. The Morgan fingerprint density at radius 2 is 1.90 bits per heavy atom. The first-order valence-electron chi connectivity index (χ1n) is 12.4. The molecule has 0 saturated carbocycles. The van der Waals surface area contributed by atoms with Crippen molar-refractivity contribution in [2.24, 2.45) is 0 Å². The summed E-state index contributed by atoms with van der Waals surface area (Å²) in [5.41, 5.74) is 6.00. The van der Waals surface area contributed by atoms with Crippen LogP contribution in [0.1, 0.15) is 33.5 Å². The lowest BCUT2D eigenvalue weighted by atomic mass is 10.0. The van der Waals surface area contributed by atoms with Gasteiger partial charge in [0.15, 0.2) is 0 Å². The van der Waals surface area contributed by atoms with Gasteiger partial charge in [0.1, 0.15) is 11.6 Å². The van der Waals surface area contributed by atoms with Crippen LogP contribution in [-0.2, 0) is 37.5 Å². The van der Waals surface area contributed by atoms with Gasteiger partial charge in [-0.05, 0) is 58.7 Å². The smallest absolute Gasteiger partial charge is 0.326 e. The van der Waals surface area contributed by atoms with Crippen LogP contribution in [0.3, 0.4) is 0 Å². The molecule has 2 aliphatic heterocycles. The Labute approximate surface area is 229 Å². The lowest BCUT2D eigenvalue weighted by Gasteiger charge is -2.27. The molecule has 1 N–H and O–H groups in total. The summed E-state index contributed by atoms with van der Waals surface area (Å²) in [6.45, 7) is 3.15. The van der Waals surface area contributed by atoms with E-state index in [1.807, 2.05) is 12.1 Å². The molecule has 6 nitrogen and oxygen atoms in total. The monoisotopic (exact) mass is 554 g/mol. The Morgan fingerprint density at radius 3 is 2.69 bits per heavy atom. The zero-order valence-corrected chi connectivity index (χ0v) is 21.7. The maximum absolute atomic E-state index is 14.0. The van der Waals surface area contributed by atoms with Crippen molar-refractivity contribution in [1.29, 1.82) is 0 Å². The van der Waals surface area contributed by atoms with Crippen molar-refractivity contribution in [3.63, 3.8) is 0 Å². The van der Waals surface area contributed by atoms with E-state index in [0.717, 1.165) is 39.4 Å². The zero-order chi connectivity index (χ0) is 26.2. The first-order chi connectivity index (χ1) is 18.5. The number of fused-ring (bicyclic) bond motifs is 4. The van der Waals surface area contributed by atoms with E-state index < -0.39 is 17.6 Å². The van der Waals surface area contributed by atoms with E-state index in [9.17, 15) is 18.0 Å². The van der Waals surface area contributed by atoms with Gasteiger partial charge in [0.05, 0.1) is 18.7 Å². The molecule has 2 aromatic heterocycles. The van der Waals surface area contributed by atoms with Gasteiger partial charge >= 0.3 is 6.03 Å². The first-order valence-corrected chi connectivity index (χ1v) is 12.4. The number of carbonyl (C=O) groups excluding carboxylic acids is 1. The minimum Gasteiger partial charge on any atom is -0.372 e. The molecule has 0 bridgehead atoms. The Kier molecular flexibility index (Phi) is 7.74. The SMILES string of the molecule is Cl.O=C(NCc1ccnc(F)c1)n1c2c(c3cc4c(cc31)COC4)CN(C/C=C/c1ccc(F)cc1F)CC2. The van der Waals surface area contributed by atoms with Crippen LogP contribution in [0, 0.1) is 17.6 Å². The van der Waals surface area contributed by atoms with Crippen LogP contribution in [0.15, 0.2) is 54.7 Å². The van der Waals surface area contributed by atoms with Crippen LogP contribution >= 0.6 is 12.4 Å². The highest BCUT2D eigenvalue weighted by molar-refractivity contribution is 5.96. The highest BCUT2D eigenvalue weighted by Crippen LogP contribution is 2.35. The number of nitrogens with one attached hydrogen (secondary N) is 1. The topological polar surface area (TPSA) is 59.4 Å². The predicted molar refractivity (Wildman–Crippen MR) is 144 cm³/mol. The molecule has 0 saturated heterocycles. The summed E-state index contributed by atoms with van der Waals surface area (Å²) in [4.78, 5) is 19.2. The summed E-state index contributed by atoms with van der Waals surface area (Å²) in [7, 11) is 0. The number of ether oxygens (including phenoxy) is 1. The van der Waals surface area contributed by atoms with Gasteiger partial charge in [0.2, 0.25) is 5.95 Å². The number of amides is 1. The maximum atomic E-state index is 14.0. The molecule has 4 aromatic rings. The molecule has 0 fully saturated rings. The molecule has 0 aliphatic carbocycles. The Balaban J connectivity index is 0.00000308. The van der Waals surface area contributed by atoms with Gasteiger partial charge in [0.25, 0.3) is 0 Å². The number of halogens is 4. The third-order valence-electron chi connectivity index (χ3n) is 7.13. The van der Waals surface area contributed by atoms with Crippen LogP contribution in [0.4, 0.5) is 18.0 Å². The fourth-order valence-corrected chi connectivity index (χ4v) is 5.25. The number of aromatic nitrogens is 2. The Bertz CT molecular complexity index is 1590. The quantitative estimate of drug-likeness (QED) is 0.320. The Hall–Kier alpha value is -3.66. The van der Waals surface area contributed by atoms with Gasteiger partial charge in [-0.1, -0.05) is 12.2 Å². The summed E-state index contributed by atoms with van der Waals surface area (Å²) in [5, 5.41) is 3.93. The van der Waals surface area contributed by atoms with Crippen molar-refractivity contribution in [2.75, 3.05) is 13.1 Å². The van der Waals surface area contributed by atoms with E-state index in [4.69, 9.17) is 4.74 Å². The molecule has 10 heteroatoms. The molecule has 202 valence electrons. The maximum Gasteiger partial charge on any atom is 0.326 e. The number of benzene rings is 2. The third-order valence-corrected chi connectivity index (χ3v) is 7.13. The normalized spacial score (nSPS) is 14.8. The highest BCUT2D eigenvalue weighted by Gasteiger charge is 2.28. The second-order valence-corrected chi connectivity index (χ2v) is 9.59. The lowest BCUT2D eigenvalue weighted by Crippen LogP contribution is -2.34. The Morgan fingerprint density at radius 1 is 1.08 bits per heavy atom. The van der Waals surface area contributed by atoms with Gasteiger partial charge in [-0.15, -0.1) is 12.4 Å². The molecule has 0 radical (unpaired) electrons. The van der Waals surface area contributed by atoms with E-state index in [0.29, 0.717) is 50.4 Å². The number of hydrogen-bond donors (Lipinski definition) is 1. The summed E-state index contributed by atoms with van der Waals surface area (Å²) < 4.78 is 48.0. The minimum absolute atomic E-state index is 0. The first kappa shape index (κ1) is 26.9. The molecule has 0 spiro atoms. The number of rotatable bonds is 5. The second kappa shape index (κ2) is 11.2. The third kappa shape index (κ3) is 5.43. The van der Waals surface area contributed by atoms with E-state index in [2.05, 4.69) is 21.3 Å². The zero-order valence-electron chi connectivity index (χ0n) is 20.9. The van der Waals surface area contributed by atoms with Gasteiger partial charge in [-0.25, -0.2) is 18.6 Å². The fourth-order valence-electron chi connectivity index (χ4n) is 5.25. The van der Waals surface area contributed by atoms with Gasteiger partial charge in [-0.2, -0.15) is 4.39 Å². The van der Waals surface area contributed by atoms with Crippen LogP contribution < -0.4 is 5.32 Å². The average Bonchev–Trinajstić information content (AvgIpc) is 3.49. The molecule has 6 rings (SSSR count).